The lowest BCUT2D eigenvalue weighted by Gasteiger charge is -2.42. The summed E-state index contributed by atoms with van der Waals surface area (Å²) in [6.07, 6.45) is -7.96. The van der Waals surface area contributed by atoms with Crippen molar-refractivity contribution in [3.05, 3.63) is 12.2 Å². The summed E-state index contributed by atoms with van der Waals surface area (Å²) in [5.74, 6) is -54.3. The molecule has 0 aromatic rings. The van der Waals surface area contributed by atoms with Crippen LogP contribution >= 0.6 is 0 Å². The topological polar surface area (TPSA) is 60.4 Å². The predicted octanol–water partition coefficient (Wildman–Crippen LogP) is 5.73. The number of sulfonamides is 1. The van der Waals surface area contributed by atoms with Gasteiger partial charge in [-0.2, -0.15) is 83.1 Å². The molecule has 0 aliphatic rings. The van der Waals surface area contributed by atoms with Crippen LogP contribution in [0, 0.1) is 0 Å². The number of carbonyl (C=O) groups is 1. The average molecular weight is 644 g/mol. The molecule has 24 heteroatoms. The van der Waals surface area contributed by atoms with Crippen molar-refractivity contribution >= 4 is 16.0 Å². The van der Waals surface area contributed by atoms with Gasteiger partial charge in [-0.25, -0.2) is 4.79 Å². The van der Waals surface area contributed by atoms with Gasteiger partial charge in [0.2, 0.25) is 0 Å². The van der Waals surface area contributed by atoms with Crippen molar-refractivity contribution in [2.45, 2.75) is 53.9 Å². The van der Waals surface area contributed by atoms with Crippen LogP contribution < -0.4 is 0 Å². The Morgan fingerprint density at radius 2 is 1.00 bits per heavy atom. The molecule has 0 heterocycles. The van der Waals surface area contributed by atoms with Crippen LogP contribution in [-0.4, -0.2) is 85.7 Å². The summed E-state index contributed by atoms with van der Waals surface area (Å²) in [5, 5.41) is -8.04. The van der Waals surface area contributed by atoms with E-state index in [1.165, 1.54) is 0 Å². The Balaban J connectivity index is 6.83. The van der Waals surface area contributed by atoms with Crippen molar-refractivity contribution in [3.63, 3.8) is 0 Å². The number of rotatable bonds is 12. The van der Waals surface area contributed by atoms with Gasteiger partial charge in [0, 0.05) is 10.1 Å². The van der Waals surface area contributed by atoms with E-state index in [0.29, 0.717) is 0 Å². The molecule has 0 bridgehead atoms. The summed E-state index contributed by atoms with van der Waals surface area (Å²) in [6.45, 7) is -0.131. The first-order chi connectivity index (χ1) is 16.6. The van der Waals surface area contributed by atoms with Crippen LogP contribution in [0.5, 0.6) is 0 Å². The highest BCUT2D eigenvalue weighted by Gasteiger charge is 2.97. The van der Waals surface area contributed by atoms with Gasteiger partial charge in [-0.3, -0.25) is 0 Å². The highest BCUT2D eigenvalue weighted by molar-refractivity contribution is 7.87. The summed E-state index contributed by atoms with van der Waals surface area (Å²) in [6, 6.07) is 0. The maximum Gasteiger partial charge on any atom is 0.467 e. The zero-order valence-electron chi connectivity index (χ0n) is 18.4. The van der Waals surface area contributed by atoms with E-state index < -0.39 is 92.8 Å². The molecule has 0 aliphatic carbocycles. The molecular formula is C15H12F18NO4S+. The minimum atomic E-state index is -9.03. The van der Waals surface area contributed by atoms with Crippen molar-refractivity contribution < 1.29 is 101 Å². The number of hydrogen-bond donors (Lipinski definition) is 0. The fourth-order valence-electron chi connectivity index (χ4n) is 2.10. The van der Waals surface area contributed by atoms with Crippen molar-refractivity contribution in [2.75, 3.05) is 20.2 Å². The SMILES string of the molecule is C=C(C)C(=O)OCC[N+](C)(F)S(=O)(=O)C(F)(F)C(F)(F)C(F)(F)C(F)(F)C(F)(F)C(F)(F)C(F)(F)C(F)(F)F. The Labute approximate surface area is 204 Å². The highest BCUT2D eigenvalue weighted by atomic mass is 32.2. The second-order valence-electron chi connectivity index (χ2n) is 7.56. The maximum atomic E-state index is 14.3. The van der Waals surface area contributed by atoms with Crippen molar-refractivity contribution in [1.82, 2.24) is 0 Å². The lowest BCUT2D eigenvalue weighted by Crippen LogP contribution is -2.75. The smallest absolute Gasteiger partial charge is 0.456 e. The molecule has 0 aromatic heterocycles. The molecule has 0 fully saturated rings. The molecule has 0 radical (unpaired) electrons. The molecule has 0 saturated carbocycles. The number of ether oxygens (including phenoxy) is 1. The van der Waals surface area contributed by atoms with Crippen LogP contribution in [0.2, 0.25) is 0 Å². The Morgan fingerprint density at radius 1 is 0.692 bits per heavy atom. The number of carbonyl (C=O) groups excluding carboxylic acids is 1. The average Bonchev–Trinajstić information content (AvgIpc) is 2.71. The predicted molar refractivity (Wildman–Crippen MR) is 87.5 cm³/mol. The minimum absolute atomic E-state index is 0.529. The van der Waals surface area contributed by atoms with E-state index in [1.54, 1.807) is 0 Å². The molecular weight excluding hydrogens is 632 g/mol. The first kappa shape index (κ1) is 36.9. The van der Waals surface area contributed by atoms with E-state index in [9.17, 15) is 92.3 Å². The van der Waals surface area contributed by atoms with Gasteiger partial charge in [0.15, 0.2) is 6.54 Å². The summed E-state index contributed by atoms with van der Waals surface area (Å²) in [5.41, 5.74) is -0.529. The van der Waals surface area contributed by atoms with E-state index in [1.807, 2.05) is 0 Å². The van der Waals surface area contributed by atoms with Crippen LogP contribution in [0.1, 0.15) is 6.92 Å². The zero-order valence-corrected chi connectivity index (χ0v) is 19.2. The lowest BCUT2D eigenvalue weighted by molar-refractivity contribution is -0.934. The standard InChI is InChI=1S/C15H12F18NO4S/c1-6(2)7(35)38-5-4-34(3,33)39(36,37)15(31,32)13(26,27)11(22,23)9(18,19)8(16,17)10(20,21)12(24,25)14(28,29)30/h1,4-5H2,2-3H3/q+1. The van der Waals surface area contributed by atoms with Crippen molar-refractivity contribution in [3.8, 4) is 0 Å². The number of alkyl halides is 17. The molecule has 0 rings (SSSR count). The van der Waals surface area contributed by atoms with Gasteiger partial charge in [0.1, 0.15) is 13.7 Å². The van der Waals surface area contributed by atoms with Gasteiger partial charge < -0.3 is 4.74 Å². The van der Waals surface area contributed by atoms with E-state index in [2.05, 4.69) is 11.3 Å². The van der Waals surface area contributed by atoms with Gasteiger partial charge in [0.25, 0.3) is 0 Å². The second kappa shape index (κ2) is 9.75. The van der Waals surface area contributed by atoms with Crippen LogP contribution in [0.15, 0.2) is 12.2 Å². The molecule has 0 spiro atoms. The third-order valence-electron chi connectivity index (χ3n) is 4.59. The number of hydrogen-bond acceptors (Lipinski definition) is 4. The Morgan fingerprint density at radius 3 is 1.31 bits per heavy atom. The summed E-state index contributed by atoms with van der Waals surface area (Å²) >= 11 is 0. The monoisotopic (exact) mass is 644 g/mol. The van der Waals surface area contributed by atoms with Crippen LogP contribution in [0.25, 0.3) is 0 Å². The third kappa shape index (κ3) is 5.09. The molecule has 1 unspecified atom stereocenters. The van der Waals surface area contributed by atoms with Crippen LogP contribution in [0.4, 0.5) is 79.1 Å². The van der Waals surface area contributed by atoms with Crippen LogP contribution in [-0.2, 0) is 19.6 Å². The second-order valence-corrected chi connectivity index (χ2v) is 9.79. The normalized spacial score (nSPS) is 17.0. The molecule has 5 nitrogen and oxygen atoms in total. The zero-order chi connectivity index (χ0) is 32.3. The van der Waals surface area contributed by atoms with Crippen molar-refractivity contribution in [1.29, 1.82) is 0 Å². The number of esters is 1. The number of likely N-dealkylation sites (N-methyl/N-ethyl adjacent to an activating group) is 1. The van der Waals surface area contributed by atoms with Gasteiger partial charge in [-0.15, -0.1) is 0 Å². The fourth-order valence-corrected chi connectivity index (χ4v) is 3.34. The van der Waals surface area contributed by atoms with E-state index in [4.69, 9.17) is 0 Å². The first-order valence-corrected chi connectivity index (χ1v) is 10.4. The Kier molecular flexibility index (Phi) is 9.21. The Hall–Kier alpha value is -2.14. The lowest BCUT2D eigenvalue weighted by atomic mass is 9.91. The maximum absolute atomic E-state index is 14.3. The van der Waals surface area contributed by atoms with Crippen LogP contribution in [0.3, 0.4) is 0 Å². The quantitative estimate of drug-likeness (QED) is 0.118. The molecule has 232 valence electrons. The summed E-state index contributed by atoms with van der Waals surface area (Å²) in [7, 11) is -8.80. The van der Waals surface area contributed by atoms with Gasteiger partial charge in [-0.05, 0) is 11.0 Å². The van der Waals surface area contributed by atoms with Gasteiger partial charge >= 0.3 is 63.0 Å². The highest BCUT2D eigenvalue weighted by Crippen LogP contribution is 2.64. The largest absolute Gasteiger partial charge is 0.467 e. The molecule has 39 heavy (non-hydrogen) atoms. The number of quaternary nitrogens is 1. The molecule has 0 saturated heterocycles. The molecule has 0 N–H and O–H groups in total. The number of nitrogens with zero attached hydrogens (tertiary/aromatic N) is 1. The number of halogens is 18. The summed E-state index contributed by atoms with van der Waals surface area (Å²) < 4.78 is 263. The molecule has 0 amide bonds. The summed E-state index contributed by atoms with van der Waals surface area (Å²) in [4.78, 5) is 11.1. The van der Waals surface area contributed by atoms with E-state index >= 15 is 0 Å². The van der Waals surface area contributed by atoms with E-state index in [0.717, 1.165) is 6.92 Å². The fraction of sp³-hybridized carbons (Fsp3) is 0.800. The first-order valence-electron chi connectivity index (χ1n) is 8.92. The minimum Gasteiger partial charge on any atom is -0.456 e. The molecule has 0 aliphatic heterocycles. The Bertz CT molecular complexity index is 1060. The van der Waals surface area contributed by atoms with Gasteiger partial charge in [0.05, 0.1) is 0 Å². The third-order valence-corrected chi connectivity index (χ3v) is 6.68. The van der Waals surface area contributed by atoms with Crippen molar-refractivity contribution in [2.24, 2.45) is 0 Å². The molecule has 1 atom stereocenters. The van der Waals surface area contributed by atoms with E-state index in [-0.39, 0.29) is 0 Å². The molecule has 0 aromatic carbocycles. The van der Waals surface area contributed by atoms with Gasteiger partial charge in [-0.1, -0.05) is 6.58 Å².